The van der Waals surface area contributed by atoms with E-state index in [4.69, 9.17) is 0 Å². The standard InChI is InChI=1S/C17H17N5O2S2/c1-12(23)13-4-6-14(7-5-13)18-16(24)8-10-26-17-19-20-21-22(17)11-15-3-2-9-25-15/h2-7,9H,8,10-11H2,1H3,(H,18,24). The minimum absolute atomic E-state index is 0.000420. The van der Waals surface area contributed by atoms with Crippen LogP contribution in [0, 0.1) is 0 Å². The van der Waals surface area contributed by atoms with Gasteiger partial charge in [0.2, 0.25) is 11.1 Å². The first-order chi connectivity index (χ1) is 12.6. The Kier molecular flexibility index (Phi) is 6.13. The molecular weight excluding hydrogens is 370 g/mol. The molecule has 134 valence electrons. The van der Waals surface area contributed by atoms with Crippen LogP contribution in [0.2, 0.25) is 0 Å². The third kappa shape index (κ3) is 4.99. The number of carbonyl (C=O) groups is 2. The fourth-order valence-electron chi connectivity index (χ4n) is 2.20. The van der Waals surface area contributed by atoms with Gasteiger partial charge in [0.05, 0.1) is 6.54 Å². The predicted molar refractivity (Wildman–Crippen MR) is 102 cm³/mol. The lowest BCUT2D eigenvalue weighted by molar-refractivity contribution is -0.115. The maximum atomic E-state index is 12.1. The molecular formula is C17H17N5O2S2. The lowest BCUT2D eigenvalue weighted by atomic mass is 10.1. The molecule has 0 radical (unpaired) electrons. The zero-order valence-electron chi connectivity index (χ0n) is 14.1. The van der Waals surface area contributed by atoms with Crippen LogP contribution in [-0.2, 0) is 11.3 Å². The summed E-state index contributed by atoms with van der Waals surface area (Å²) < 4.78 is 1.73. The fourth-order valence-corrected chi connectivity index (χ4v) is 3.70. The van der Waals surface area contributed by atoms with Gasteiger partial charge in [-0.3, -0.25) is 9.59 Å². The second-order valence-corrected chi connectivity index (χ2v) is 7.57. The Balaban J connectivity index is 1.47. The van der Waals surface area contributed by atoms with Crippen molar-refractivity contribution < 1.29 is 9.59 Å². The highest BCUT2D eigenvalue weighted by molar-refractivity contribution is 7.99. The van der Waals surface area contributed by atoms with E-state index in [1.165, 1.54) is 23.6 Å². The zero-order chi connectivity index (χ0) is 18.4. The molecule has 7 nitrogen and oxygen atoms in total. The van der Waals surface area contributed by atoms with Crippen molar-refractivity contribution in [1.82, 2.24) is 20.2 Å². The van der Waals surface area contributed by atoms with E-state index in [1.54, 1.807) is 40.3 Å². The van der Waals surface area contributed by atoms with Crippen LogP contribution in [0.25, 0.3) is 0 Å². The minimum Gasteiger partial charge on any atom is -0.326 e. The second kappa shape index (κ2) is 8.72. The van der Waals surface area contributed by atoms with Gasteiger partial charge in [0, 0.05) is 28.3 Å². The molecule has 0 unspecified atom stereocenters. The number of hydrogen-bond donors (Lipinski definition) is 1. The Hall–Kier alpha value is -2.52. The highest BCUT2D eigenvalue weighted by atomic mass is 32.2. The molecule has 9 heteroatoms. The first kappa shape index (κ1) is 18.3. The number of hydrogen-bond acceptors (Lipinski definition) is 7. The van der Waals surface area contributed by atoms with Crippen molar-refractivity contribution in [2.24, 2.45) is 0 Å². The van der Waals surface area contributed by atoms with Gasteiger partial charge in [-0.1, -0.05) is 17.8 Å². The molecule has 26 heavy (non-hydrogen) atoms. The van der Waals surface area contributed by atoms with Crippen molar-refractivity contribution in [3.63, 3.8) is 0 Å². The van der Waals surface area contributed by atoms with E-state index in [2.05, 4.69) is 20.8 Å². The number of thiophene rings is 1. The molecule has 0 saturated carbocycles. The Morgan fingerprint density at radius 1 is 1.23 bits per heavy atom. The Labute approximate surface area is 158 Å². The molecule has 0 aliphatic rings. The molecule has 3 aromatic rings. The number of anilines is 1. The van der Waals surface area contributed by atoms with Crippen molar-refractivity contribution in [2.75, 3.05) is 11.1 Å². The number of aromatic nitrogens is 4. The van der Waals surface area contributed by atoms with Crippen molar-refractivity contribution >= 4 is 40.5 Å². The lowest BCUT2D eigenvalue weighted by Crippen LogP contribution is -2.12. The Morgan fingerprint density at radius 2 is 2.04 bits per heavy atom. The third-order valence-corrected chi connectivity index (χ3v) is 5.34. The molecule has 2 heterocycles. The van der Waals surface area contributed by atoms with E-state index in [1.807, 2.05) is 17.5 Å². The van der Waals surface area contributed by atoms with Gasteiger partial charge in [-0.05, 0) is 53.1 Å². The minimum atomic E-state index is -0.0923. The van der Waals surface area contributed by atoms with E-state index in [0.717, 1.165) is 0 Å². The summed E-state index contributed by atoms with van der Waals surface area (Å²) in [5.41, 5.74) is 1.30. The van der Waals surface area contributed by atoms with Crippen LogP contribution in [-0.4, -0.2) is 37.7 Å². The Bertz CT molecular complexity index is 875. The first-order valence-corrected chi connectivity index (χ1v) is 9.80. The van der Waals surface area contributed by atoms with Gasteiger partial charge in [-0.25, -0.2) is 4.68 Å². The summed E-state index contributed by atoms with van der Waals surface area (Å²) in [6.45, 7) is 2.14. The zero-order valence-corrected chi connectivity index (χ0v) is 15.7. The Morgan fingerprint density at radius 3 is 2.73 bits per heavy atom. The van der Waals surface area contributed by atoms with Crippen molar-refractivity contribution in [3.8, 4) is 0 Å². The summed E-state index contributed by atoms with van der Waals surface area (Å²) in [5.74, 6) is 0.479. The van der Waals surface area contributed by atoms with Gasteiger partial charge in [0.25, 0.3) is 0 Å². The van der Waals surface area contributed by atoms with Gasteiger partial charge in [-0.2, -0.15) is 0 Å². The maximum Gasteiger partial charge on any atom is 0.225 e. The molecule has 0 saturated heterocycles. The molecule has 0 spiro atoms. The lowest BCUT2D eigenvalue weighted by Gasteiger charge is -2.06. The molecule has 2 aromatic heterocycles. The number of benzene rings is 1. The number of nitrogens with zero attached hydrogens (tertiary/aromatic N) is 4. The first-order valence-electron chi connectivity index (χ1n) is 7.94. The molecule has 3 rings (SSSR count). The monoisotopic (exact) mass is 387 g/mol. The maximum absolute atomic E-state index is 12.1. The van der Waals surface area contributed by atoms with Gasteiger partial charge < -0.3 is 5.32 Å². The number of amides is 1. The van der Waals surface area contributed by atoms with Crippen LogP contribution in [0.4, 0.5) is 5.69 Å². The number of ketones is 1. The van der Waals surface area contributed by atoms with E-state index in [0.29, 0.717) is 35.1 Å². The van der Waals surface area contributed by atoms with Gasteiger partial charge >= 0.3 is 0 Å². The fraction of sp³-hybridized carbons (Fsp3) is 0.235. The normalized spacial score (nSPS) is 10.7. The molecule has 0 atom stereocenters. The van der Waals surface area contributed by atoms with Crippen LogP contribution in [0.5, 0.6) is 0 Å². The largest absolute Gasteiger partial charge is 0.326 e. The average molecular weight is 387 g/mol. The van der Waals surface area contributed by atoms with Crippen LogP contribution >= 0.6 is 23.1 Å². The third-order valence-electron chi connectivity index (χ3n) is 3.52. The van der Waals surface area contributed by atoms with E-state index in [-0.39, 0.29) is 11.7 Å². The number of nitrogens with one attached hydrogen (secondary N) is 1. The molecule has 1 N–H and O–H groups in total. The molecule has 0 bridgehead atoms. The van der Waals surface area contributed by atoms with Crippen LogP contribution in [0.15, 0.2) is 46.9 Å². The summed E-state index contributed by atoms with van der Waals surface area (Å²) >= 11 is 3.10. The van der Waals surface area contributed by atoms with E-state index < -0.39 is 0 Å². The molecule has 1 amide bonds. The highest BCUT2D eigenvalue weighted by Gasteiger charge is 2.10. The molecule has 0 aliphatic carbocycles. The van der Waals surface area contributed by atoms with Crippen LogP contribution < -0.4 is 5.32 Å². The smallest absolute Gasteiger partial charge is 0.225 e. The van der Waals surface area contributed by atoms with E-state index >= 15 is 0 Å². The summed E-state index contributed by atoms with van der Waals surface area (Å²) in [6.07, 6.45) is 0.338. The van der Waals surface area contributed by atoms with Gasteiger partial charge in [-0.15, -0.1) is 16.4 Å². The number of rotatable bonds is 8. The number of Topliss-reactive ketones (excluding diaryl/α,β-unsaturated/α-hetero) is 1. The summed E-state index contributed by atoms with van der Waals surface area (Å²) in [6, 6.07) is 10.9. The predicted octanol–water partition coefficient (Wildman–Crippen LogP) is 3.11. The number of thioether (sulfide) groups is 1. The number of carbonyl (C=O) groups excluding carboxylic acids is 2. The summed E-state index contributed by atoms with van der Waals surface area (Å²) in [7, 11) is 0. The number of tetrazole rings is 1. The van der Waals surface area contributed by atoms with Crippen molar-refractivity contribution in [1.29, 1.82) is 0 Å². The van der Waals surface area contributed by atoms with Gasteiger partial charge in [0.15, 0.2) is 5.78 Å². The highest BCUT2D eigenvalue weighted by Crippen LogP contribution is 2.18. The second-order valence-electron chi connectivity index (χ2n) is 5.48. The summed E-state index contributed by atoms with van der Waals surface area (Å²) in [4.78, 5) is 24.5. The topological polar surface area (TPSA) is 89.8 Å². The quantitative estimate of drug-likeness (QED) is 0.472. The molecule has 1 aromatic carbocycles. The SMILES string of the molecule is CC(=O)c1ccc(NC(=O)CCSc2nnnn2Cc2cccs2)cc1. The van der Waals surface area contributed by atoms with Crippen LogP contribution in [0.3, 0.4) is 0 Å². The summed E-state index contributed by atoms with van der Waals surface area (Å²) in [5, 5.41) is 17.2. The van der Waals surface area contributed by atoms with Crippen LogP contribution in [0.1, 0.15) is 28.6 Å². The van der Waals surface area contributed by atoms with E-state index in [9.17, 15) is 9.59 Å². The van der Waals surface area contributed by atoms with Crippen molar-refractivity contribution in [2.45, 2.75) is 25.0 Å². The average Bonchev–Trinajstić information content (AvgIpc) is 3.28. The molecule has 0 aliphatic heterocycles. The molecule has 0 fully saturated rings. The van der Waals surface area contributed by atoms with Crippen molar-refractivity contribution in [3.05, 3.63) is 52.2 Å². The van der Waals surface area contributed by atoms with Gasteiger partial charge in [0.1, 0.15) is 0 Å².